The van der Waals surface area contributed by atoms with E-state index in [9.17, 15) is 9.59 Å². The van der Waals surface area contributed by atoms with Gasteiger partial charge < -0.3 is 15.2 Å². The van der Waals surface area contributed by atoms with E-state index in [0.717, 1.165) is 5.69 Å². The molecule has 0 aromatic heterocycles. The van der Waals surface area contributed by atoms with Gasteiger partial charge in [-0.1, -0.05) is 6.92 Å². The first-order valence-electron chi connectivity index (χ1n) is 6.78. The lowest BCUT2D eigenvalue weighted by Crippen LogP contribution is -2.15. The van der Waals surface area contributed by atoms with Gasteiger partial charge in [-0.3, -0.25) is 9.59 Å². The SMILES string of the molecule is CSC(C)CC(=O)Nc1ccc(OCCCC(=O)O)cc1. The van der Waals surface area contributed by atoms with Crippen LogP contribution in [0.2, 0.25) is 0 Å². The molecule has 0 saturated carbocycles. The Kier molecular flexibility index (Phi) is 7.68. The summed E-state index contributed by atoms with van der Waals surface area (Å²) in [5.74, 6) is -0.168. The molecule has 0 saturated heterocycles. The van der Waals surface area contributed by atoms with E-state index in [1.54, 1.807) is 36.0 Å². The molecule has 1 amide bonds. The average molecular weight is 311 g/mol. The molecule has 0 bridgehead atoms. The monoisotopic (exact) mass is 311 g/mol. The molecule has 21 heavy (non-hydrogen) atoms. The van der Waals surface area contributed by atoms with Gasteiger partial charge in [0.1, 0.15) is 5.75 Å². The summed E-state index contributed by atoms with van der Waals surface area (Å²) in [4.78, 5) is 22.1. The van der Waals surface area contributed by atoms with Crippen molar-refractivity contribution < 1.29 is 19.4 Å². The number of carboxylic acids is 1. The molecule has 1 atom stereocenters. The molecule has 0 heterocycles. The van der Waals surface area contributed by atoms with Gasteiger partial charge >= 0.3 is 5.97 Å². The van der Waals surface area contributed by atoms with Crippen molar-refractivity contribution in [2.45, 2.75) is 31.4 Å². The summed E-state index contributed by atoms with van der Waals surface area (Å²) in [5.41, 5.74) is 0.728. The Hall–Kier alpha value is -1.69. The first-order chi connectivity index (χ1) is 10.0. The van der Waals surface area contributed by atoms with Crippen LogP contribution in [0.15, 0.2) is 24.3 Å². The van der Waals surface area contributed by atoms with Crippen LogP contribution < -0.4 is 10.1 Å². The lowest BCUT2D eigenvalue weighted by Gasteiger charge is -2.10. The number of amides is 1. The van der Waals surface area contributed by atoms with E-state index in [0.29, 0.717) is 30.4 Å². The minimum atomic E-state index is -0.823. The van der Waals surface area contributed by atoms with E-state index < -0.39 is 5.97 Å². The number of benzene rings is 1. The van der Waals surface area contributed by atoms with Crippen LogP contribution in [-0.4, -0.2) is 35.1 Å². The molecular weight excluding hydrogens is 290 g/mol. The van der Waals surface area contributed by atoms with Crippen molar-refractivity contribution in [2.75, 3.05) is 18.2 Å². The number of thioether (sulfide) groups is 1. The number of hydrogen-bond acceptors (Lipinski definition) is 4. The van der Waals surface area contributed by atoms with E-state index in [4.69, 9.17) is 9.84 Å². The van der Waals surface area contributed by atoms with E-state index in [2.05, 4.69) is 5.32 Å². The fourth-order valence-electron chi connectivity index (χ4n) is 1.60. The van der Waals surface area contributed by atoms with Crippen molar-refractivity contribution in [3.63, 3.8) is 0 Å². The average Bonchev–Trinajstić information content (AvgIpc) is 2.44. The van der Waals surface area contributed by atoms with Crippen molar-refractivity contribution in [3.8, 4) is 5.75 Å². The summed E-state index contributed by atoms with van der Waals surface area (Å²) < 4.78 is 5.42. The number of hydrogen-bond donors (Lipinski definition) is 2. The zero-order chi connectivity index (χ0) is 15.7. The number of aliphatic carboxylic acids is 1. The fraction of sp³-hybridized carbons (Fsp3) is 0.467. The normalized spacial score (nSPS) is 11.7. The highest BCUT2D eigenvalue weighted by molar-refractivity contribution is 7.99. The summed E-state index contributed by atoms with van der Waals surface area (Å²) >= 11 is 1.66. The lowest BCUT2D eigenvalue weighted by atomic mass is 10.2. The quantitative estimate of drug-likeness (QED) is 0.686. The number of nitrogens with one attached hydrogen (secondary N) is 1. The van der Waals surface area contributed by atoms with Crippen LogP contribution in [-0.2, 0) is 9.59 Å². The Morgan fingerprint density at radius 2 is 2.00 bits per heavy atom. The molecule has 0 aliphatic carbocycles. The van der Waals surface area contributed by atoms with Crippen LogP contribution in [0, 0.1) is 0 Å². The van der Waals surface area contributed by atoms with E-state index in [1.807, 2.05) is 13.2 Å². The van der Waals surface area contributed by atoms with Crippen LogP contribution >= 0.6 is 11.8 Å². The second-order valence-electron chi connectivity index (χ2n) is 4.67. The van der Waals surface area contributed by atoms with Gasteiger partial charge in [0.15, 0.2) is 0 Å². The summed E-state index contributed by atoms with van der Waals surface area (Å²) in [6, 6.07) is 7.06. The maximum atomic E-state index is 11.7. The Morgan fingerprint density at radius 3 is 2.57 bits per heavy atom. The largest absolute Gasteiger partial charge is 0.494 e. The van der Waals surface area contributed by atoms with Crippen molar-refractivity contribution in [1.29, 1.82) is 0 Å². The molecular formula is C15H21NO4S. The molecule has 116 valence electrons. The van der Waals surface area contributed by atoms with Gasteiger partial charge in [-0.25, -0.2) is 0 Å². The predicted octanol–water partition coefficient (Wildman–Crippen LogP) is 3.01. The molecule has 0 spiro atoms. The molecule has 6 heteroatoms. The van der Waals surface area contributed by atoms with Crippen molar-refractivity contribution in [2.24, 2.45) is 0 Å². The lowest BCUT2D eigenvalue weighted by molar-refractivity contribution is -0.137. The fourth-order valence-corrected chi connectivity index (χ4v) is 1.92. The van der Waals surface area contributed by atoms with E-state index in [-0.39, 0.29) is 12.3 Å². The Labute approximate surface area is 129 Å². The summed E-state index contributed by atoms with van der Waals surface area (Å²) in [6.45, 7) is 2.38. The summed E-state index contributed by atoms with van der Waals surface area (Å²) in [6.07, 6.45) is 3.03. The van der Waals surface area contributed by atoms with Gasteiger partial charge in [0.2, 0.25) is 5.91 Å². The molecule has 5 nitrogen and oxygen atoms in total. The number of carbonyl (C=O) groups excluding carboxylic acids is 1. The highest BCUT2D eigenvalue weighted by Crippen LogP contribution is 2.17. The zero-order valence-corrected chi connectivity index (χ0v) is 13.1. The second kappa shape index (κ2) is 9.28. The van der Waals surface area contributed by atoms with Gasteiger partial charge in [0.25, 0.3) is 0 Å². The summed E-state index contributed by atoms with van der Waals surface area (Å²) in [5, 5.41) is 11.6. The molecule has 0 aliphatic heterocycles. The van der Waals surface area contributed by atoms with Crippen LogP contribution in [0.3, 0.4) is 0 Å². The smallest absolute Gasteiger partial charge is 0.303 e. The van der Waals surface area contributed by atoms with Crippen molar-refractivity contribution in [3.05, 3.63) is 24.3 Å². The first-order valence-corrected chi connectivity index (χ1v) is 8.07. The second-order valence-corrected chi connectivity index (χ2v) is 5.94. The van der Waals surface area contributed by atoms with E-state index >= 15 is 0 Å². The van der Waals surface area contributed by atoms with Gasteiger partial charge in [-0.2, -0.15) is 11.8 Å². The Bertz CT molecular complexity index is 461. The number of carbonyl (C=O) groups is 2. The van der Waals surface area contributed by atoms with Crippen molar-refractivity contribution in [1.82, 2.24) is 0 Å². The third kappa shape index (κ3) is 7.60. The zero-order valence-electron chi connectivity index (χ0n) is 12.3. The van der Waals surface area contributed by atoms with Gasteiger partial charge in [-0.15, -0.1) is 0 Å². The molecule has 0 radical (unpaired) electrons. The molecule has 0 aliphatic rings. The number of carboxylic acid groups (broad SMARTS) is 1. The van der Waals surface area contributed by atoms with Gasteiger partial charge in [-0.05, 0) is 36.9 Å². The Balaban J connectivity index is 2.36. The van der Waals surface area contributed by atoms with Crippen LogP contribution in [0.25, 0.3) is 0 Å². The molecule has 2 N–H and O–H groups in total. The summed E-state index contributed by atoms with van der Waals surface area (Å²) in [7, 11) is 0. The van der Waals surface area contributed by atoms with Gasteiger partial charge in [0, 0.05) is 23.8 Å². The number of anilines is 1. The maximum Gasteiger partial charge on any atom is 0.303 e. The van der Waals surface area contributed by atoms with Crippen LogP contribution in [0.4, 0.5) is 5.69 Å². The molecule has 1 aromatic rings. The van der Waals surface area contributed by atoms with Crippen LogP contribution in [0.1, 0.15) is 26.2 Å². The topological polar surface area (TPSA) is 75.6 Å². The standard InChI is InChI=1S/C15H21NO4S/c1-11(21-2)10-14(17)16-12-5-7-13(8-6-12)20-9-3-4-15(18)19/h5-8,11H,3-4,9-10H2,1-2H3,(H,16,17)(H,18,19). The minimum absolute atomic E-state index is 0.00743. The Morgan fingerprint density at radius 1 is 1.33 bits per heavy atom. The molecule has 0 fully saturated rings. The van der Waals surface area contributed by atoms with Crippen LogP contribution in [0.5, 0.6) is 5.75 Å². The molecule has 1 rings (SSSR count). The molecule has 1 aromatic carbocycles. The number of ether oxygens (including phenoxy) is 1. The van der Waals surface area contributed by atoms with Gasteiger partial charge in [0.05, 0.1) is 6.61 Å². The van der Waals surface area contributed by atoms with Crippen molar-refractivity contribution >= 4 is 29.3 Å². The first kappa shape index (κ1) is 17.4. The number of rotatable bonds is 9. The maximum absolute atomic E-state index is 11.7. The minimum Gasteiger partial charge on any atom is -0.494 e. The highest BCUT2D eigenvalue weighted by atomic mass is 32.2. The van der Waals surface area contributed by atoms with E-state index in [1.165, 1.54) is 0 Å². The predicted molar refractivity (Wildman–Crippen MR) is 85.0 cm³/mol. The highest BCUT2D eigenvalue weighted by Gasteiger charge is 2.08. The third-order valence-electron chi connectivity index (χ3n) is 2.82. The molecule has 1 unspecified atom stereocenters. The third-order valence-corrected chi connectivity index (χ3v) is 3.79.